The van der Waals surface area contributed by atoms with Crippen molar-refractivity contribution in [1.29, 1.82) is 0 Å². The Balaban J connectivity index is 1.20. The number of halogens is 2. The van der Waals surface area contributed by atoms with E-state index in [1.54, 1.807) is 0 Å². The summed E-state index contributed by atoms with van der Waals surface area (Å²) in [6.45, 7) is 4.44. The maximum Gasteiger partial charge on any atom is 0.126 e. The smallest absolute Gasteiger partial charge is 0.126 e. The van der Waals surface area contributed by atoms with E-state index in [4.69, 9.17) is 0 Å². The lowest BCUT2D eigenvalue weighted by molar-refractivity contribution is 0.584. The molecule has 0 saturated carbocycles. The molecule has 0 heterocycles. The van der Waals surface area contributed by atoms with Gasteiger partial charge in [-0.25, -0.2) is 8.78 Å². The number of hydrogen-bond donors (Lipinski definition) is 0. The Labute approximate surface area is 315 Å². The Morgan fingerprint density at radius 2 is 0.778 bits per heavy atom. The summed E-state index contributed by atoms with van der Waals surface area (Å²) in [4.78, 5) is 2.31. The van der Waals surface area contributed by atoms with Gasteiger partial charge in [-0.2, -0.15) is 0 Å². The van der Waals surface area contributed by atoms with Crippen LogP contribution >= 0.6 is 0 Å². The van der Waals surface area contributed by atoms with Crippen molar-refractivity contribution in [2.75, 3.05) is 4.90 Å². The fraction of sp³-hybridized carbons (Fsp3) is 0.0588. The fourth-order valence-corrected chi connectivity index (χ4v) is 8.13. The summed E-state index contributed by atoms with van der Waals surface area (Å²) >= 11 is 0. The van der Waals surface area contributed by atoms with Crippen molar-refractivity contribution in [3.05, 3.63) is 211 Å². The first-order valence-corrected chi connectivity index (χ1v) is 18.3. The molecule has 8 aromatic rings. The van der Waals surface area contributed by atoms with E-state index in [0.29, 0.717) is 5.56 Å². The molecule has 8 aromatic carbocycles. The fourth-order valence-electron chi connectivity index (χ4n) is 8.13. The molecule has 1 nitrogen and oxygen atoms in total. The van der Waals surface area contributed by atoms with Gasteiger partial charge >= 0.3 is 0 Å². The maximum absolute atomic E-state index is 14.8. The maximum atomic E-state index is 14.8. The second kappa shape index (κ2) is 13.4. The minimum Gasteiger partial charge on any atom is -0.310 e. The Morgan fingerprint density at radius 3 is 1.28 bits per heavy atom. The SMILES string of the molecule is CC1(C)c2cc(N(c3ccc(-c4ccccc4)cc3)c3ccc(-c4ccccc4)cc3)ccc2-c2cc(-c3ccccc3)cc(-c3cc(F)cc(F)c3)c21. The summed E-state index contributed by atoms with van der Waals surface area (Å²) in [6.07, 6.45) is 0. The van der Waals surface area contributed by atoms with Crippen LogP contribution in [0.1, 0.15) is 25.0 Å². The van der Waals surface area contributed by atoms with Crippen LogP contribution in [0.2, 0.25) is 0 Å². The monoisotopic (exact) mass is 701 g/mol. The van der Waals surface area contributed by atoms with Crippen molar-refractivity contribution in [3.63, 3.8) is 0 Å². The minimum atomic E-state index is -0.591. The second-order valence-corrected chi connectivity index (χ2v) is 14.5. The van der Waals surface area contributed by atoms with Gasteiger partial charge in [0.15, 0.2) is 0 Å². The van der Waals surface area contributed by atoms with Gasteiger partial charge in [0.1, 0.15) is 11.6 Å². The summed E-state index contributed by atoms with van der Waals surface area (Å²) in [5, 5.41) is 0. The first-order chi connectivity index (χ1) is 26.3. The molecule has 9 rings (SSSR count). The van der Waals surface area contributed by atoms with E-state index < -0.39 is 17.0 Å². The van der Waals surface area contributed by atoms with E-state index in [2.05, 4.69) is 158 Å². The lowest BCUT2D eigenvalue weighted by atomic mass is 9.78. The first kappa shape index (κ1) is 33.3. The second-order valence-electron chi connectivity index (χ2n) is 14.5. The molecule has 0 saturated heterocycles. The van der Waals surface area contributed by atoms with Gasteiger partial charge in [0, 0.05) is 28.5 Å². The van der Waals surface area contributed by atoms with Gasteiger partial charge in [-0.05, 0) is 127 Å². The highest BCUT2D eigenvalue weighted by Gasteiger charge is 2.39. The van der Waals surface area contributed by atoms with Gasteiger partial charge < -0.3 is 4.90 Å². The average Bonchev–Trinajstić information content (AvgIpc) is 3.44. The molecule has 0 bridgehead atoms. The molecule has 0 aromatic heterocycles. The van der Waals surface area contributed by atoms with Crippen molar-refractivity contribution in [2.24, 2.45) is 0 Å². The van der Waals surface area contributed by atoms with E-state index in [1.165, 1.54) is 23.3 Å². The molecule has 0 spiro atoms. The lowest BCUT2D eigenvalue weighted by Crippen LogP contribution is -2.17. The molecule has 260 valence electrons. The van der Waals surface area contributed by atoms with Crippen molar-refractivity contribution in [1.82, 2.24) is 0 Å². The number of benzene rings is 8. The van der Waals surface area contributed by atoms with Crippen LogP contribution in [0, 0.1) is 11.6 Å². The summed E-state index contributed by atoms with van der Waals surface area (Å²) in [6, 6.07) is 63.3. The third-order valence-corrected chi connectivity index (χ3v) is 10.7. The van der Waals surface area contributed by atoms with Crippen LogP contribution in [0.5, 0.6) is 0 Å². The molecule has 0 atom stereocenters. The molecule has 54 heavy (non-hydrogen) atoms. The van der Waals surface area contributed by atoms with E-state index in [-0.39, 0.29) is 0 Å². The first-order valence-electron chi connectivity index (χ1n) is 18.3. The van der Waals surface area contributed by atoms with Crippen molar-refractivity contribution < 1.29 is 8.78 Å². The van der Waals surface area contributed by atoms with Crippen LogP contribution in [-0.4, -0.2) is 0 Å². The highest BCUT2D eigenvalue weighted by molar-refractivity contribution is 5.94. The number of rotatable bonds is 7. The Kier molecular flexibility index (Phi) is 8.28. The molecule has 1 aliphatic rings. The minimum absolute atomic E-state index is 0.478. The molecule has 0 unspecified atom stereocenters. The van der Waals surface area contributed by atoms with Crippen LogP contribution in [0.25, 0.3) is 55.6 Å². The number of hydrogen-bond acceptors (Lipinski definition) is 1. The largest absolute Gasteiger partial charge is 0.310 e. The summed E-state index contributed by atoms with van der Waals surface area (Å²) < 4.78 is 29.6. The predicted octanol–water partition coefficient (Wildman–Crippen LogP) is 14.4. The average molecular weight is 702 g/mol. The van der Waals surface area contributed by atoms with Crippen LogP contribution in [-0.2, 0) is 5.41 Å². The molecular weight excluding hydrogens is 665 g/mol. The third-order valence-electron chi connectivity index (χ3n) is 10.7. The van der Waals surface area contributed by atoms with Gasteiger partial charge in [0.25, 0.3) is 0 Å². The summed E-state index contributed by atoms with van der Waals surface area (Å²) in [5.74, 6) is -1.18. The number of anilines is 3. The molecule has 0 fully saturated rings. The normalized spacial score (nSPS) is 12.6. The molecule has 0 aliphatic heterocycles. The highest BCUT2D eigenvalue weighted by Crippen LogP contribution is 2.55. The number of fused-ring (bicyclic) bond motifs is 3. The van der Waals surface area contributed by atoms with Gasteiger partial charge in [-0.15, -0.1) is 0 Å². The lowest BCUT2D eigenvalue weighted by Gasteiger charge is -2.29. The Hall–Kier alpha value is -6.58. The van der Waals surface area contributed by atoms with Gasteiger partial charge in [-0.3, -0.25) is 0 Å². The van der Waals surface area contributed by atoms with Gasteiger partial charge in [-0.1, -0.05) is 135 Å². The molecule has 0 radical (unpaired) electrons. The predicted molar refractivity (Wildman–Crippen MR) is 220 cm³/mol. The molecular formula is C51H37F2N. The Bertz CT molecular complexity index is 2510. The molecule has 1 aliphatic carbocycles. The zero-order valence-corrected chi connectivity index (χ0v) is 30.1. The van der Waals surface area contributed by atoms with Gasteiger partial charge in [0.2, 0.25) is 0 Å². The van der Waals surface area contributed by atoms with Crippen molar-refractivity contribution in [3.8, 4) is 55.6 Å². The summed E-state index contributed by atoms with van der Waals surface area (Å²) in [5.41, 5.74) is 15.1. The van der Waals surface area contributed by atoms with E-state index in [9.17, 15) is 8.78 Å². The van der Waals surface area contributed by atoms with Crippen LogP contribution in [0.3, 0.4) is 0 Å². The van der Waals surface area contributed by atoms with Crippen LogP contribution < -0.4 is 4.90 Å². The topological polar surface area (TPSA) is 3.24 Å². The zero-order valence-electron chi connectivity index (χ0n) is 30.1. The van der Waals surface area contributed by atoms with Crippen molar-refractivity contribution >= 4 is 17.1 Å². The van der Waals surface area contributed by atoms with E-state index >= 15 is 0 Å². The van der Waals surface area contributed by atoms with Crippen LogP contribution in [0.15, 0.2) is 188 Å². The Morgan fingerprint density at radius 1 is 0.352 bits per heavy atom. The summed E-state index contributed by atoms with van der Waals surface area (Å²) in [7, 11) is 0. The molecule has 0 amide bonds. The van der Waals surface area contributed by atoms with E-state index in [0.717, 1.165) is 73.2 Å². The third kappa shape index (κ3) is 5.98. The standard InChI is InChI=1S/C51H37F2N/c1-51(2)49-33-45(26-27-46(49)48-31-39(36-16-10-5-11-17-36)30-47(50(48)51)40-28-41(52)32-42(53)29-40)54(43-22-18-37(19-23-43)34-12-6-3-7-13-34)44-24-20-38(21-25-44)35-14-8-4-9-15-35/h3-33H,1-2H3. The zero-order chi connectivity index (χ0) is 36.8. The van der Waals surface area contributed by atoms with Crippen molar-refractivity contribution in [2.45, 2.75) is 19.3 Å². The van der Waals surface area contributed by atoms with Gasteiger partial charge in [0.05, 0.1) is 0 Å². The molecule has 0 N–H and O–H groups in total. The quantitative estimate of drug-likeness (QED) is 0.160. The highest BCUT2D eigenvalue weighted by atomic mass is 19.1. The van der Waals surface area contributed by atoms with Crippen LogP contribution in [0.4, 0.5) is 25.8 Å². The number of nitrogens with zero attached hydrogens (tertiary/aromatic N) is 1. The molecule has 3 heteroatoms. The van der Waals surface area contributed by atoms with E-state index in [1.807, 2.05) is 30.3 Å².